The zero-order chi connectivity index (χ0) is 22.6. The second-order valence-corrected chi connectivity index (χ2v) is 8.16. The number of hydrogen-bond donors (Lipinski definition) is 0. The quantitative estimate of drug-likeness (QED) is 0.398. The monoisotopic (exact) mass is 445 g/mol. The van der Waals surface area contributed by atoms with Crippen molar-refractivity contribution in [2.45, 2.75) is 0 Å². The Morgan fingerprint density at radius 2 is 1.52 bits per heavy atom. The summed E-state index contributed by atoms with van der Waals surface area (Å²) < 4.78 is 33.2. The Labute approximate surface area is 192 Å². The molecule has 0 aliphatic carbocycles. The third-order valence-corrected chi connectivity index (χ3v) is 6.06. The molecule has 0 bridgehead atoms. The van der Waals surface area contributed by atoms with Crippen LogP contribution in [-0.4, -0.2) is 49.2 Å². The Kier molecular flexibility index (Phi) is 6.17. The van der Waals surface area contributed by atoms with E-state index in [1.807, 2.05) is 30.3 Å². The van der Waals surface area contributed by atoms with Gasteiger partial charge in [0.2, 0.25) is 0 Å². The number of fused-ring (bicyclic) bond motifs is 1. The fourth-order valence-corrected chi connectivity index (χ4v) is 4.23. The normalized spacial score (nSPS) is 14.5. The predicted molar refractivity (Wildman–Crippen MR) is 128 cm³/mol. The van der Waals surface area contributed by atoms with Crippen LogP contribution < -0.4 is 9.64 Å². The van der Waals surface area contributed by atoms with Gasteiger partial charge in [-0.25, -0.2) is 13.8 Å². The molecule has 0 atom stereocenters. The average molecular weight is 446 g/mol. The van der Waals surface area contributed by atoms with E-state index in [0.29, 0.717) is 17.9 Å². The number of rotatable bonds is 6. The van der Waals surface area contributed by atoms with Crippen LogP contribution in [0.15, 0.2) is 78.9 Å². The zero-order valence-electron chi connectivity index (χ0n) is 18.3. The van der Waals surface area contributed by atoms with Gasteiger partial charge in [-0.1, -0.05) is 36.4 Å². The van der Waals surface area contributed by atoms with Crippen LogP contribution in [0.25, 0.3) is 22.0 Å². The zero-order valence-corrected chi connectivity index (χ0v) is 18.3. The topological polar surface area (TPSA) is 28.6 Å². The lowest BCUT2D eigenvalue weighted by atomic mass is 10.0. The molecule has 5 rings (SSSR count). The number of hydrogen-bond acceptors (Lipinski definition) is 4. The minimum Gasteiger partial charge on any atom is -0.492 e. The second-order valence-electron chi connectivity index (χ2n) is 8.16. The van der Waals surface area contributed by atoms with Crippen molar-refractivity contribution >= 4 is 16.7 Å². The van der Waals surface area contributed by atoms with Gasteiger partial charge in [-0.15, -0.1) is 0 Å². The maximum Gasteiger partial charge on any atom is 0.131 e. The van der Waals surface area contributed by atoms with Crippen molar-refractivity contribution in [2.24, 2.45) is 0 Å². The molecule has 1 aliphatic rings. The SMILES string of the molecule is Fc1ccc(OCCN2CCN(c3ccc4cccc(-c5ccccc5F)c4n3)CC2)cc1. The maximum absolute atomic E-state index is 14.5. The van der Waals surface area contributed by atoms with Gasteiger partial charge in [-0.05, 0) is 42.5 Å². The van der Waals surface area contributed by atoms with E-state index in [1.54, 1.807) is 24.3 Å². The highest BCUT2D eigenvalue weighted by Crippen LogP contribution is 2.31. The molecule has 0 unspecified atom stereocenters. The van der Waals surface area contributed by atoms with Crippen LogP contribution in [0.3, 0.4) is 0 Å². The Morgan fingerprint density at radius 3 is 2.30 bits per heavy atom. The molecule has 4 aromatic rings. The number of anilines is 1. The van der Waals surface area contributed by atoms with E-state index >= 15 is 0 Å². The minimum absolute atomic E-state index is 0.242. The molecule has 4 nitrogen and oxygen atoms in total. The van der Waals surface area contributed by atoms with Gasteiger partial charge in [-0.2, -0.15) is 0 Å². The third kappa shape index (κ3) is 4.81. The van der Waals surface area contributed by atoms with Crippen LogP contribution in [0.4, 0.5) is 14.6 Å². The van der Waals surface area contributed by atoms with E-state index in [1.165, 1.54) is 18.2 Å². The fourth-order valence-electron chi connectivity index (χ4n) is 4.23. The molecule has 2 heterocycles. The number of pyridine rings is 1. The van der Waals surface area contributed by atoms with E-state index in [9.17, 15) is 8.78 Å². The fraction of sp³-hybridized carbons (Fsp3) is 0.222. The summed E-state index contributed by atoms with van der Waals surface area (Å²) in [7, 11) is 0. The Hall–Kier alpha value is -3.51. The lowest BCUT2D eigenvalue weighted by Gasteiger charge is -2.35. The molecule has 0 amide bonds. The number of benzene rings is 3. The second kappa shape index (κ2) is 9.55. The van der Waals surface area contributed by atoms with Gasteiger partial charge in [0.1, 0.15) is 29.8 Å². The first kappa shape index (κ1) is 21.3. The number of nitrogens with zero attached hydrogens (tertiary/aromatic N) is 3. The smallest absolute Gasteiger partial charge is 0.131 e. The summed E-state index contributed by atoms with van der Waals surface area (Å²) in [5.41, 5.74) is 2.19. The van der Waals surface area contributed by atoms with E-state index in [0.717, 1.165) is 55.0 Å². The number of halogens is 2. The first-order valence-electron chi connectivity index (χ1n) is 11.2. The van der Waals surface area contributed by atoms with E-state index in [4.69, 9.17) is 9.72 Å². The summed E-state index contributed by atoms with van der Waals surface area (Å²) in [5.74, 6) is 1.09. The molecular weight excluding hydrogens is 420 g/mol. The Morgan fingerprint density at radius 1 is 0.758 bits per heavy atom. The van der Waals surface area contributed by atoms with Gasteiger partial charge in [0.25, 0.3) is 0 Å². The molecule has 1 aliphatic heterocycles. The van der Waals surface area contributed by atoms with Crippen LogP contribution in [0.2, 0.25) is 0 Å². The molecular formula is C27H25F2N3O. The van der Waals surface area contributed by atoms with Crippen LogP contribution in [-0.2, 0) is 0 Å². The summed E-state index contributed by atoms with van der Waals surface area (Å²) in [4.78, 5) is 9.56. The molecule has 0 spiro atoms. The van der Waals surface area contributed by atoms with Crippen LogP contribution in [0, 0.1) is 11.6 Å². The van der Waals surface area contributed by atoms with Gasteiger partial charge < -0.3 is 9.64 Å². The molecule has 33 heavy (non-hydrogen) atoms. The van der Waals surface area contributed by atoms with Gasteiger partial charge >= 0.3 is 0 Å². The van der Waals surface area contributed by atoms with E-state index in [-0.39, 0.29) is 11.6 Å². The number of aromatic nitrogens is 1. The standard InChI is InChI=1S/C27H25F2N3O/c28-21-9-11-22(12-10-21)33-19-18-31-14-16-32(17-15-31)26-13-8-20-4-3-6-24(27(20)30-26)23-5-1-2-7-25(23)29/h1-13H,14-19H2. The highest BCUT2D eigenvalue weighted by Gasteiger charge is 2.19. The summed E-state index contributed by atoms with van der Waals surface area (Å²) >= 11 is 0. The summed E-state index contributed by atoms with van der Waals surface area (Å²) in [5, 5.41) is 0.996. The van der Waals surface area contributed by atoms with Crippen molar-refractivity contribution in [3.8, 4) is 16.9 Å². The van der Waals surface area contributed by atoms with E-state index in [2.05, 4.69) is 15.9 Å². The maximum atomic E-state index is 14.5. The summed E-state index contributed by atoms with van der Waals surface area (Å²) in [6, 6.07) is 22.9. The minimum atomic E-state index is -0.262. The average Bonchev–Trinajstić information content (AvgIpc) is 2.85. The molecule has 6 heteroatoms. The number of ether oxygens (including phenoxy) is 1. The highest BCUT2D eigenvalue weighted by molar-refractivity contribution is 5.94. The lowest BCUT2D eigenvalue weighted by molar-refractivity contribution is 0.200. The summed E-state index contributed by atoms with van der Waals surface area (Å²) in [6.45, 7) is 4.90. The van der Waals surface area contributed by atoms with Gasteiger partial charge in [0, 0.05) is 49.2 Å². The summed E-state index contributed by atoms with van der Waals surface area (Å²) in [6.07, 6.45) is 0. The molecule has 1 fully saturated rings. The molecule has 0 radical (unpaired) electrons. The Bertz CT molecular complexity index is 1240. The van der Waals surface area contributed by atoms with Crippen molar-refractivity contribution in [3.63, 3.8) is 0 Å². The van der Waals surface area contributed by atoms with Crippen molar-refractivity contribution in [2.75, 3.05) is 44.2 Å². The number of piperazine rings is 1. The van der Waals surface area contributed by atoms with Crippen LogP contribution >= 0.6 is 0 Å². The highest BCUT2D eigenvalue weighted by atomic mass is 19.1. The predicted octanol–water partition coefficient (Wildman–Crippen LogP) is 5.38. The molecule has 168 valence electrons. The lowest BCUT2D eigenvalue weighted by Crippen LogP contribution is -2.47. The van der Waals surface area contributed by atoms with Crippen LogP contribution in [0.5, 0.6) is 5.75 Å². The Balaban J connectivity index is 1.24. The van der Waals surface area contributed by atoms with Gasteiger partial charge in [0.05, 0.1) is 5.52 Å². The third-order valence-electron chi connectivity index (χ3n) is 6.06. The van der Waals surface area contributed by atoms with Crippen molar-refractivity contribution < 1.29 is 13.5 Å². The molecule has 0 saturated carbocycles. The first-order valence-corrected chi connectivity index (χ1v) is 11.2. The molecule has 3 aromatic carbocycles. The number of para-hydroxylation sites is 1. The molecule has 1 saturated heterocycles. The first-order chi connectivity index (χ1) is 16.2. The van der Waals surface area contributed by atoms with Crippen LogP contribution in [0.1, 0.15) is 0 Å². The van der Waals surface area contributed by atoms with Crippen molar-refractivity contribution in [1.29, 1.82) is 0 Å². The van der Waals surface area contributed by atoms with Gasteiger partial charge in [0.15, 0.2) is 0 Å². The van der Waals surface area contributed by atoms with Gasteiger partial charge in [-0.3, -0.25) is 4.90 Å². The largest absolute Gasteiger partial charge is 0.492 e. The van der Waals surface area contributed by atoms with Crippen molar-refractivity contribution in [1.82, 2.24) is 9.88 Å². The van der Waals surface area contributed by atoms with Crippen molar-refractivity contribution in [3.05, 3.63) is 90.5 Å². The molecule has 0 N–H and O–H groups in total. The van der Waals surface area contributed by atoms with E-state index < -0.39 is 0 Å². The molecule has 1 aromatic heterocycles.